The average Bonchev–Trinajstić information content (AvgIpc) is 2.39. The van der Waals surface area contributed by atoms with Gasteiger partial charge >= 0.3 is 12.4 Å². The summed E-state index contributed by atoms with van der Waals surface area (Å²) in [6.07, 6.45) is -9.99. The van der Waals surface area contributed by atoms with Crippen molar-refractivity contribution in [3.63, 3.8) is 0 Å². The van der Waals surface area contributed by atoms with Gasteiger partial charge in [0.15, 0.2) is 0 Å². The number of aromatic hydroxyl groups is 2. The molecule has 2 aromatic carbocycles. The number of benzene rings is 2. The van der Waals surface area contributed by atoms with E-state index in [1.807, 2.05) is 0 Å². The first-order valence-electron chi connectivity index (χ1n) is 5.81. The molecule has 0 unspecified atom stereocenters. The maximum atomic E-state index is 13.0. The highest BCUT2D eigenvalue weighted by atomic mass is 19.4. The van der Waals surface area contributed by atoms with E-state index in [2.05, 4.69) is 0 Å². The largest absolute Gasteiger partial charge is 0.508 e. The Morgan fingerprint density at radius 3 is 1.86 bits per heavy atom. The van der Waals surface area contributed by atoms with Gasteiger partial charge in [0.1, 0.15) is 11.5 Å². The number of halogens is 6. The zero-order valence-electron chi connectivity index (χ0n) is 10.6. The molecular weight excluding hydrogens is 314 g/mol. The van der Waals surface area contributed by atoms with Crippen molar-refractivity contribution in [2.24, 2.45) is 0 Å². The second-order valence-corrected chi connectivity index (χ2v) is 4.46. The lowest BCUT2D eigenvalue weighted by atomic mass is 9.96. The van der Waals surface area contributed by atoms with Crippen molar-refractivity contribution >= 4 is 0 Å². The fourth-order valence-corrected chi connectivity index (χ4v) is 1.93. The number of hydrogen-bond acceptors (Lipinski definition) is 2. The van der Waals surface area contributed by atoms with Crippen molar-refractivity contribution in [3.8, 4) is 22.6 Å². The van der Waals surface area contributed by atoms with E-state index >= 15 is 0 Å². The number of hydrogen-bond donors (Lipinski definition) is 2. The molecule has 0 radical (unpaired) electrons. The van der Waals surface area contributed by atoms with E-state index in [1.54, 1.807) is 0 Å². The third-order valence-electron chi connectivity index (χ3n) is 2.92. The van der Waals surface area contributed by atoms with Crippen molar-refractivity contribution in [1.29, 1.82) is 0 Å². The molecule has 0 bridgehead atoms. The van der Waals surface area contributed by atoms with Crippen LogP contribution in [0.15, 0.2) is 36.4 Å². The van der Waals surface area contributed by atoms with Crippen molar-refractivity contribution in [3.05, 3.63) is 47.5 Å². The molecule has 118 valence electrons. The van der Waals surface area contributed by atoms with Gasteiger partial charge in [-0.3, -0.25) is 0 Å². The predicted molar refractivity (Wildman–Crippen MR) is 65.2 cm³/mol. The molecule has 0 atom stereocenters. The summed E-state index contributed by atoms with van der Waals surface area (Å²) in [4.78, 5) is 0. The zero-order valence-corrected chi connectivity index (χ0v) is 10.6. The van der Waals surface area contributed by atoms with Gasteiger partial charge in [-0.1, -0.05) is 6.07 Å². The molecule has 0 aliphatic rings. The van der Waals surface area contributed by atoms with E-state index in [1.165, 1.54) is 0 Å². The van der Waals surface area contributed by atoms with Crippen LogP contribution in [-0.2, 0) is 12.4 Å². The lowest BCUT2D eigenvalue weighted by molar-refractivity contribution is -0.142. The summed E-state index contributed by atoms with van der Waals surface area (Å²) in [6, 6.07) is 3.89. The van der Waals surface area contributed by atoms with E-state index < -0.39 is 46.1 Å². The summed E-state index contributed by atoms with van der Waals surface area (Å²) >= 11 is 0. The first-order valence-corrected chi connectivity index (χ1v) is 5.81. The lowest BCUT2D eigenvalue weighted by Gasteiger charge is -2.17. The van der Waals surface area contributed by atoms with Gasteiger partial charge in [-0.05, 0) is 35.9 Å². The predicted octanol–water partition coefficient (Wildman–Crippen LogP) is 4.80. The van der Waals surface area contributed by atoms with Crippen molar-refractivity contribution in [2.75, 3.05) is 0 Å². The zero-order chi connectivity index (χ0) is 16.7. The Morgan fingerprint density at radius 1 is 0.682 bits per heavy atom. The first-order chi connectivity index (χ1) is 10.00. The molecule has 0 amide bonds. The van der Waals surface area contributed by atoms with Gasteiger partial charge in [-0.15, -0.1) is 0 Å². The van der Waals surface area contributed by atoms with E-state index in [0.717, 1.165) is 18.2 Å². The van der Waals surface area contributed by atoms with Crippen molar-refractivity contribution in [1.82, 2.24) is 0 Å². The van der Waals surface area contributed by atoms with Crippen LogP contribution in [-0.4, -0.2) is 10.2 Å². The number of phenols is 2. The third kappa shape index (κ3) is 3.10. The molecule has 0 aliphatic heterocycles. The Hall–Kier alpha value is -2.38. The lowest BCUT2D eigenvalue weighted by Crippen LogP contribution is -2.12. The molecule has 0 fully saturated rings. The van der Waals surface area contributed by atoms with Crippen LogP contribution < -0.4 is 0 Å². The minimum Gasteiger partial charge on any atom is -0.508 e. The number of rotatable bonds is 1. The van der Waals surface area contributed by atoms with Crippen LogP contribution >= 0.6 is 0 Å². The molecule has 2 aromatic rings. The summed E-state index contributed by atoms with van der Waals surface area (Å²) in [5.41, 5.74) is -4.08. The standard InChI is InChI=1S/C14H8F6O2/c15-13(16,17)7-1-3-9(11(5-7)14(18,19)20)10-6-8(21)2-4-12(10)22/h1-6,21-22H. The van der Waals surface area contributed by atoms with Gasteiger partial charge in [0.25, 0.3) is 0 Å². The van der Waals surface area contributed by atoms with Crippen molar-refractivity contribution < 1.29 is 36.6 Å². The Morgan fingerprint density at radius 2 is 1.32 bits per heavy atom. The van der Waals surface area contributed by atoms with Crippen LogP contribution in [0.3, 0.4) is 0 Å². The van der Waals surface area contributed by atoms with E-state index in [0.29, 0.717) is 12.1 Å². The molecule has 0 heterocycles. The number of phenolic OH excluding ortho intramolecular Hbond substituents is 2. The van der Waals surface area contributed by atoms with Gasteiger partial charge < -0.3 is 10.2 Å². The Bertz CT molecular complexity index is 703. The number of alkyl halides is 6. The third-order valence-corrected chi connectivity index (χ3v) is 2.92. The van der Waals surface area contributed by atoms with Gasteiger partial charge in [-0.2, -0.15) is 26.3 Å². The van der Waals surface area contributed by atoms with Gasteiger partial charge in [0.2, 0.25) is 0 Å². The second kappa shape index (κ2) is 5.11. The first kappa shape index (κ1) is 16.0. The summed E-state index contributed by atoms with van der Waals surface area (Å²) in [5.74, 6) is -1.02. The molecule has 22 heavy (non-hydrogen) atoms. The maximum absolute atomic E-state index is 13.0. The fourth-order valence-electron chi connectivity index (χ4n) is 1.93. The fraction of sp³-hybridized carbons (Fsp3) is 0.143. The molecule has 0 spiro atoms. The molecule has 2 rings (SSSR count). The molecule has 2 nitrogen and oxygen atoms in total. The summed E-state index contributed by atoms with van der Waals surface area (Å²) in [7, 11) is 0. The van der Waals surface area contributed by atoms with Crippen LogP contribution in [0.5, 0.6) is 11.5 Å². The smallest absolute Gasteiger partial charge is 0.417 e. The molecular formula is C14H8F6O2. The van der Waals surface area contributed by atoms with Crippen molar-refractivity contribution in [2.45, 2.75) is 12.4 Å². The summed E-state index contributed by atoms with van der Waals surface area (Å²) in [6.45, 7) is 0. The highest BCUT2D eigenvalue weighted by Gasteiger charge is 2.38. The highest BCUT2D eigenvalue weighted by Crippen LogP contribution is 2.43. The Labute approximate surface area is 120 Å². The minimum atomic E-state index is -5.06. The maximum Gasteiger partial charge on any atom is 0.417 e. The van der Waals surface area contributed by atoms with Gasteiger partial charge in [0.05, 0.1) is 11.1 Å². The van der Waals surface area contributed by atoms with Gasteiger partial charge in [0, 0.05) is 5.56 Å². The Balaban J connectivity index is 2.74. The molecule has 0 aromatic heterocycles. The van der Waals surface area contributed by atoms with Crippen LogP contribution in [0.25, 0.3) is 11.1 Å². The Kier molecular flexibility index (Phi) is 3.72. The molecule has 2 N–H and O–H groups in total. The van der Waals surface area contributed by atoms with E-state index in [9.17, 15) is 36.6 Å². The highest BCUT2D eigenvalue weighted by molar-refractivity contribution is 5.75. The molecule has 8 heteroatoms. The summed E-state index contributed by atoms with van der Waals surface area (Å²) < 4.78 is 76.8. The monoisotopic (exact) mass is 322 g/mol. The van der Waals surface area contributed by atoms with Crippen LogP contribution in [0, 0.1) is 0 Å². The van der Waals surface area contributed by atoms with Crippen LogP contribution in [0.1, 0.15) is 11.1 Å². The van der Waals surface area contributed by atoms with E-state index in [4.69, 9.17) is 0 Å². The average molecular weight is 322 g/mol. The van der Waals surface area contributed by atoms with Gasteiger partial charge in [-0.25, -0.2) is 0 Å². The summed E-state index contributed by atoms with van der Waals surface area (Å²) in [5, 5.41) is 18.9. The van der Waals surface area contributed by atoms with E-state index in [-0.39, 0.29) is 6.07 Å². The molecule has 0 saturated heterocycles. The van der Waals surface area contributed by atoms with Crippen LogP contribution in [0.2, 0.25) is 0 Å². The quantitative estimate of drug-likeness (QED) is 0.585. The minimum absolute atomic E-state index is 0.0289. The van der Waals surface area contributed by atoms with Crippen LogP contribution in [0.4, 0.5) is 26.3 Å². The SMILES string of the molecule is Oc1ccc(O)c(-c2ccc(C(F)(F)F)cc2C(F)(F)F)c1. The molecule has 0 saturated carbocycles. The molecule has 0 aliphatic carbocycles. The second-order valence-electron chi connectivity index (χ2n) is 4.46. The topological polar surface area (TPSA) is 40.5 Å². The normalized spacial score (nSPS) is 12.5.